The summed E-state index contributed by atoms with van der Waals surface area (Å²) in [5.41, 5.74) is 1.69. The van der Waals surface area contributed by atoms with Crippen LogP contribution in [0.15, 0.2) is 5.16 Å². The van der Waals surface area contributed by atoms with E-state index >= 15 is 0 Å². The molecular formula is C30H47NO3. The number of rotatable bonds is 0. The Morgan fingerprint density at radius 3 is 2.24 bits per heavy atom. The van der Waals surface area contributed by atoms with Crippen molar-refractivity contribution >= 4 is 11.7 Å². The highest BCUT2D eigenvalue weighted by molar-refractivity contribution is 5.90. The van der Waals surface area contributed by atoms with E-state index in [0.29, 0.717) is 23.7 Å². The van der Waals surface area contributed by atoms with Crippen molar-refractivity contribution in [2.45, 2.75) is 119 Å². The molecule has 6 aliphatic rings. The maximum Gasteiger partial charge on any atom is 0.312 e. The zero-order chi connectivity index (χ0) is 24.5. The molecule has 4 heteroatoms. The van der Waals surface area contributed by atoms with Crippen LogP contribution in [0.4, 0.5) is 0 Å². The number of nitrogens with zero attached hydrogens (tertiary/aromatic N) is 1. The van der Waals surface area contributed by atoms with Gasteiger partial charge in [0, 0.05) is 16.7 Å². The first-order valence-corrected chi connectivity index (χ1v) is 14.2. The summed E-state index contributed by atoms with van der Waals surface area (Å²) in [6, 6.07) is 0. The fourth-order valence-electron chi connectivity index (χ4n) is 11.8. The topological polar surface area (TPSA) is 58.9 Å². The lowest BCUT2D eigenvalue weighted by Gasteiger charge is -2.72. The summed E-state index contributed by atoms with van der Waals surface area (Å²) in [6.07, 6.45) is 11.5. The lowest BCUT2D eigenvalue weighted by atomic mass is 9.31. The fraction of sp³-hybridized carbons (Fsp3) is 0.933. The lowest BCUT2D eigenvalue weighted by molar-refractivity contribution is -0.235. The van der Waals surface area contributed by atoms with Crippen molar-refractivity contribution in [1.29, 1.82) is 0 Å². The number of ether oxygens (including phenoxy) is 1. The van der Waals surface area contributed by atoms with Crippen LogP contribution in [0.1, 0.15) is 113 Å². The molecule has 6 rings (SSSR count). The number of carbonyl (C=O) groups excluding carboxylic acids is 1. The van der Waals surface area contributed by atoms with Crippen LogP contribution in [-0.4, -0.2) is 23.0 Å². The van der Waals surface area contributed by atoms with E-state index in [2.05, 4.69) is 53.6 Å². The van der Waals surface area contributed by atoms with Gasteiger partial charge in [0.1, 0.15) is 6.10 Å². The van der Waals surface area contributed by atoms with E-state index in [9.17, 15) is 10.0 Å². The second-order valence-electron chi connectivity index (χ2n) is 15.4. The number of oxime groups is 1. The molecule has 0 spiro atoms. The first-order chi connectivity index (χ1) is 15.8. The van der Waals surface area contributed by atoms with Crippen LogP contribution in [-0.2, 0) is 9.53 Å². The van der Waals surface area contributed by atoms with E-state index in [4.69, 9.17) is 4.74 Å². The van der Waals surface area contributed by atoms with Crippen LogP contribution in [0.2, 0.25) is 0 Å². The van der Waals surface area contributed by atoms with E-state index in [0.717, 1.165) is 37.8 Å². The molecular weight excluding hydrogens is 422 g/mol. The van der Waals surface area contributed by atoms with Crippen LogP contribution in [0, 0.1) is 56.2 Å². The van der Waals surface area contributed by atoms with Crippen molar-refractivity contribution < 1.29 is 14.7 Å². The second-order valence-corrected chi connectivity index (χ2v) is 15.4. The van der Waals surface area contributed by atoms with Gasteiger partial charge in [0.05, 0.1) is 11.1 Å². The predicted molar refractivity (Wildman–Crippen MR) is 134 cm³/mol. The average molecular weight is 470 g/mol. The van der Waals surface area contributed by atoms with Crippen LogP contribution in [0.25, 0.3) is 0 Å². The van der Waals surface area contributed by atoms with Crippen molar-refractivity contribution in [1.82, 2.24) is 0 Å². The first kappa shape index (κ1) is 23.3. The van der Waals surface area contributed by atoms with E-state index in [1.807, 2.05) is 0 Å². The van der Waals surface area contributed by atoms with Gasteiger partial charge in [0.15, 0.2) is 0 Å². The zero-order valence-electron chi connectivity index (χ0n) is 22.7. The average Bonchev–Trinajstić information content (AvgIpc) is 3.01. The second kappa shape index (κ2) is 6.62. The number of hydrogen-bond donors (Lipinski definition) is 1. The van der Waals surface area contributed by atoms with Gasteiger partial charge in [0.2, 0.25) is 0 Å². The first-order valence-electron chi connectivity index (χ1n) is 14.2. The molecule has 5 aliphatic carbocycles. The van der Waals surface area contributed by atoms with Gasteiger partial charge in [-0.15, -0.1) is 0 Å². The smallest absolute Gasteiger partial charge is 0.312 e. The zero-order valence-corrected chi connectivity index (χ0v) is 22.7. The molecule has 1 aliphatic heterocycles. The molecule has 0 amide bonds. The fourth-order valence-corrected chi connectivity index (χ4v) is 11.8. The van der Waals surface area contributed by atoms with Crippen LogP contribution in [0.5, 0.6) is 0 Å². The summed E-state index contributed by atoms with van der Waals surface area (Å²) in [4.78, 5) is 13.4. The highest BCUT2D eigenvalue weighted by Gasteiger charge is 2.75. The summed E-state index contributed by atoms with van der Waals surface area (Å²) in [5.74, 6) is 2.40. The molecule has 0 aromatic carbocycles. The monoisotopic (exact) mass is 469 g/mol. The molecule has 4 nitrogen and oxygen atoms in total. The van der Waals surface area contributed by atoms with Crippen molar-refractivity contribution in [3.8, 4) is 0 Å². The molecule has 5 saturated carbocycles. The number of carbonyl (C=O) groups is 1. The van der Waals surface area contributed by atoms with E-state index < -0.39 is 0 Å². The Balaban J connectivity index is 1.41. The normalized spacial score (nSPS) is 56.0. The summed E-state index contributed by atoms with van der Waals surface area (Å²) < 4.78 is 6.28. The van der Waals surface area contributed by atoms with Gasteiger partial charge in [-0.25, -0.2) is 0 Å². The lowest BCUT2D eigenvalue weighted by Crippen LogP contribution is -2.67. The molecule has 34 heavy (non-hydrogen) atoms. The van der Waals surface area contributed by atoms with E-state index in [-0.39, 0.29) is 44.6 Å². The maximum atomic E-state index is 13.4. The van der Waals surface area contributed by atoms with Crippen molar-refractivity contribution in [3.63, 3.8) is 0 Å². The molecule has 0 aromatic heterocycles. The van der Waals surface area contributed by atoms with Gasteiger partial charge < -0.3 is 9.94 Å². The molecule has 6 fully saturated rings. The Morgan fingerprint density at radius 1 is 0.824 bits per heavy atom. The van der Waals surface area contributed by atoms with Crippen LogP contribution < -0.4 is 0 Å². The molecule has 0 radical (unpaired) electrons. The highest BCUT2D eigenvalue weighted by Crippen LogP contribution is 2.78. The minimum Gasteiger partial charge on any atom is -0.461 e. The van der Waals surface area contributed by atoms with Crippen LogP contribution >= 0.6 is 0 Å². The van der Waals surface area contributed by atoms with Gasteiger partial charge in [-0.2, -0.15) is 0 Å². The van der Waals surface area contributed by atoms with E-state index in [1.54, 1.807) is 0 Å². The molecule has 1 saturated heterocycles. The molecule has 190 valence electrons. The molecule has 2 bridgehead atoms. The Bertz CT molecular complexity index is 953. The minimum absolute atomic E-state index is 0.0375. The van der Waals surface area contributed by atoms with Crippen molar-refractivity contribution in [2.75, 3.05) is 0 Å². The van der Waals surface area contributed by atoms with Gasteiger partial charge in [-0.3, -0.25) is 4.79 Å². The Labute approximate surface area is 206 Å². The number of esters is 1. The quantitative estimate of drug-likeness (QED) is 0.231. The Morgan fingerprint density at radius 2 is 1.53 bits per heavy atom. The standard InChI is InChI=1S/C30H47NO3/c1-25(2)14-16-30-17-15-28(6)18(22(30)23(25)34-24(30)32)8-9-20-27(5)12-11-21(31-33)26(3,4)19(27)10-13-29(20,28)7/h18-20,22-23,33H,8-17H2,1-7H3/b31-21+/t18?,19?,20?,22?,23?,27-,28+,29+,30?/m0/s1. The maximum absolute atomic E-state index is 13.4. The Kier molecular flexibility index (Phi) is 4.55. The minimum atomic E-state index is -0.200. The van der Waals surface area contributed by atoms with Gasteiger partial charge >= 0.3 is 5.97 Å². The third-order valence-electron chi connectivity index (χ3n) is 14.0. The number of fused-ring (bicyclic) bond motifs is 5. The summed E-state index contributed by atoms with van der Waals surface area (Å²) in [5, 5.41) is 13.5. The third-order valence-corrected chi connectivity index (χ3v) is 14.0. The van der Waals surface area contributed by atoms with Gasteiger partial charge in [-0.1, -0.05) is 53.6 Å². The van der Waals surface area contributed by atoms with Crippen LogP contribution in [0.3, 0.4) is 0 Å². The van der Waals surface area contributed by atoms with Crippen molar-refractivity contribution in [3.05, 3.63) is 0 Å². The molecule has 6 unspecified atom stereocenters. The molecule has 0 aromatic rings. The third kappa shape index (κ3) is 2.43. The molecule has 1 heterocycles. The summed E-state index contributed by atoms with van der Waals surface area (Å²) >= 11 is 0. The van der Waals surface area contributed by atoms with Gasteiger partial charge in [-0.05, 0) is 98.2 Å². The Hall–Kier alpha value is -1.06. The van der Waals surface area contributed by atoms with Gasteiger partial charge in [0.25, 0.3) is 0 Å². The van der Waals surface area contributed by atoms with Crippen molar-refractivity contribution in [2.24, 2.45) is 61.3 Å². The summed E-state index contributed by atoms with van der Waals surface area (Å²) in [7, 11) is 0. The molecule has 1 N–H and O–H groups in total. The predicted octanol–water partition coefficient (Wildman–Crippen LogP) is 7.23. The number of hydrogen-bond acceptors (Lipinski definition) is 4. The highest BCUT2D eigenvalue weighted by atomic mass is 16.6. The largest absolute Gasteiger partial charge is 0.461 e. The SMILES string of the molecule is CC1(C)CCC23CC[C@]4(C)C(CCC5[C@@]6(C)CC/C(=N\O)C(C)(C)C6CC[C@]54C)C2C1OC3=O. The van der Waals surface area contributed by atoms with E-state index in [1.165, 1.54) is 32.1 Å². The summed E-state index contributed by atoms with van der Waals surface area (Å²) in [6.45, 7) is 17.2. The molecule has 9 atom stereocenters.